The molecule has 0 spiro atoms. The molecule has 1 aliphatic heterocycles. The van der Waals surface area contributed by atoms with Crippen LogP contribution < -0.4 is 9.47 Å². The molecular weight excluding hydrogens is 365 g/mol. The molecule has 1 N–H and O–H groups in total. The van der Waals surface area contributed by atoms with Crippen LogP contribution in [0.1, 0.15) is 17.0 Å². The summed E-state index contributed by atoms with van der Waals surface area (Å²) < 4.78 is 23.8. The van der Waals surface area contributed by atoms with Crippen molar-refractivity contribution >= 4 is 11.9 Å². The molecule has 2 atom stereocenters. The molecule has 0 aromatic heterocycles. The zero-order valence-electron chi connectivity index (χ0n) is 15.7. The number of aliphatic carboxylic acids is 1. The van der Waals surface area contributed by atoms with Gasteiger partial charge in [0.25, 0.3) is 0 Å². The Kier molecular flexibility index (Phi) is 5.82. The first kappa shape index (κ1) is 19.7. The number of hydrogen-bond donors (Lipinski definition) is 1. The molecule has 1 amide bonds. The van der Waals surface area contributed by atoms with Gasteiger partial charge in [0, 0.05) is 24.6 Å². The van der Waals surface area contributed by atoms with E-state index >= 15 is 0 Å². The number of nitrogens with zero attached hydrogens (tertiary/aromatic N) is 1. The predicted octanol–water partition coefficient (Wildman–Crippen LogP) is 2.71. The number of carboxylic acids is 1. The number of benzene rings is 2. The van der Waals surface area contributed by atoms with Crippen LogP contribution in [0.25, 0.3) is 0 Å². The summed E-state index contributed by atoms with van der Waals surface area (Å²) in [4.78, 5) is 26.1. The SMILES string of the molecule is COc1cccc([C@@H]2CN(C(=O)Cc3ccc(F)cc3)C[C@H]2C(=O)O)c1OC. The number of carbonyl (C=O) groups excluding carboxylic acids is 1. The van der Waals surface area contributed by atoms with E-state index < -0.39 is 17.8 Å². The minimum absolute atomic E-state index is 0.0918. The highest BCUT2D eigenvalue weighted by Gasteiger charge is 2.41. The van der Waals surface area contributed by atoms with E-state index in [-0.39, 0.29) is 31.2 Å². The number of carbonyl (C=O) groups is 2. The molecule has 0 aliphatic carbocycles. The van der Waals surface area contributed by atoms with Gasteiger partial charge in [0.15, 0.2) is 11.5 Å². The first-order valence-electron chi connectivity index (χ1n) is 8.90. The highest BCUT2D eigenvalue weighted by atomic mass is 19.1. The molecule has 0 saturated carbocycles. The zero-order valence-corrected chi connectivity index (χ0v) is 15.7. The molecular formula is C21H22FNO5. The number of para-hydroxylation sites is 1. The van der Waals surface area contributed by atoms with E-state index in [4.69, 9.17) is 9.47 Å². The lowest BCUT2D eigenvalue weighted by Crippen LogP contribution is -2.31. The summed E-state index contributed by atoms with van der Waals surface area (Å²) in [6, 6.07) is 11.0. The van der Waals surface area contributed by atoms with E-state index in [1.807, 2.05) is 0 Å². The molecule has 2 aromatic carbocycles. The van der Waals surface area contributed by atoms with E-state index in [0.717, 1.165) is 0 Å². The van der Waals surface area contributed by atoms with Crippen LogP contribution in [0.15, 0.2) is 42.5 Å². The largest absolute Gasteiger partial charge is 0.493 e. The van der Waals surface area contributed by atoms with Crippen molar-refractivity contribution in [3.63, 3.8) is 0 Å². The molecule has 0 unspecified atom stereocenters. The van der Waals surface area contributed by atoms with Gasteiger partial charge in [-0.05, 0) is 23.8 Å². The summed E-state index contributed by atoms with van der Waals surface area (Å²) >= 11 is 0. The summed E-state index contributed by atoms with van der Waals surface area (Å²) in [7, 11) is 3.02. The fourth-order valence-corrected chi connectivity index (χ4v) is 3.67. The smallest absolute Gasteiger partial charge is 0.308 e. The van der Waals surface area contributed by atoms with Gasteiger partial charge in [-0.15, -0.1) is 0 Å². The normalized spacial score (nSPS) is 18.8. The fourth-order valence-electron chi connectivity index (χ4n) is 3.67. The Morgan fingerprint density at radius 2 is 1.82 bits per heavy atom. The number of carboxylic acid groups (broad SMARTS) is 1. The van der Waals surface area contributed by atoms with Crippen LogP contribution in [0.5, 0.6) is 11.5 Å². The molecule has 0 bridgehead atoms. The highest BCUT2D eigenvalue weighted by molar-refractivity contribution is 5.81. The van der Waals surface area contributed by atoms with Crippen LogP contribution in [-0.4, -0.2) is 49.2 Å². The number of halogens is 1. The Bertz CT molecular complexity index is 868. The van der Waals surface area contributed by atoms with Crippen molar-refractivity contribution in [2.75, 3.05) is 27.3 Å². The summed E-state index contributed by atoms with van der Waals surface area (Å²) in [6.07, 6.45) is 0.0918. The van der Waals surface area contributed by atoms with Crippen LogP contribution >= 0.6 is 0 Å². The molecule has 28 heavy (non-hydrogen) atoms. The van der Waals surface area contributed by atoms with Crippen LogP contribution in [0.3, 0.4) is 0 Å². The van der Waals surface area contributed by atoms with E-state index in [2.05, 4.69) is 0 Å². The Labute approximate surface area is 162 Å². The number of hydrogen-bond acceptors (Lipinski definition) is 4. The van der Waals surface area contributed by atoms with E-state index in [0.29, 0.717) is 22.6 Å². The molecule has 7 heteroatoms. The molecule has 1 heterocycles. The van der Waals surface area contributed by atoms with Gasteiger partial charge in [0.1, 0.15) is 5.82 Å². The van der Waals surface area contributed by atoms with Crippen molar-refractivity contribution in [2.24, 2.45) is 5.92 Å². The molecule has 1 fully saturated rings. The number of rotatable bonds is 6. The lowest BCUT2D eigenvalue weighted by Gasteiger charge is -2.20. The number of methoxy groups -OCH3 is 2. The molecule has 148 valence electrons. The maximum Gasteiger partial charge on any atom is 0.308 e. The minimum atomic E-state index is -0.966. The van der Waals surface area contributed by atoms with Gasteiger partial charge in [0.05, 0.1) is 26.6 Å². The fraction of sp³-hybridized carbons (Fsp3) is 0.333. The van der Waals surface area contributed by atoms with E-state index in [1.54, 1.807) is 35.2 Å². The second-order valence-electron chi connectivity index (χ2n) is 6.74. The molecule has 2 aromatic rings. The van der Waals surface area contributed by atoms with Gasteiger partial charge in [-0.1, -0.05) is 24.3 Å². The highest BCUT2D eigenvalue weighted by Crippen LogP contribution is 2.42. The maximum atomic E-state index is 13.1. The quantitative estimate of drug-likeness (QED) is 0.825. The summed E-state index contributed by atoms with van der Waals surface area (Å²) in [5.41, 5.74) is 1.38. The van der Waals surface area contributed by atoms with Gasteiger partial charge in [0.2, 0.25) is 5.91 Å². The standard InChI is InChI=1S/C21H22FNO5/c1-27-18-5-3-4-15(20(18)28-2)16-11-23(12-17(16)21(25)26)19(24)10-13-6-8-14(22)9-7-13/h3-9,16-17H,10-12H2,1-2H3,(H,25,26)/t16-,17+/m0/s1. The molecule has 1 saturated heterocycles. The van der Waals surface area contributed by atoms with Crippen molar-refractivity contribution in [3.8, 4) is 11.5 Å². The Morgan fingerprint density at radius 1 is 1.11 bits per heavy atom. The van der Waals surface area contributed by atoms with Crippen molar-refractivity contribution in [2.45, 2.75) is 12.3 Å². The van der Waals surface area contributed by atoms with Crippen molar-refractivity contribution in [3.05, 3.63) is 59.4 Å². The number of likely N-dealkylation sites (tertiary alicyclic amines) is 1. The topological polar surface area (TPSA) is 76.1 Å². The lowest BCUT2D eigenvalue weighted by molar-refractivity contribution is -0.141. The monoisotopic (exact) mass is 387 g/mol. The van der Waals surface area contributed by atoms with Gasteiger partial charge in [-0.3, -0.25) is 9.59 Å². The van der Waals surface area contributed by atoms with Gasteiger partial charge in [-0.25, -0.2) is 4.39 Å². The number of ether oxygens (including phenoxy) is 2. The molecule has 1 aliphatic rings. The third-order valence-electron chi connectivity index (χ3n) is 5.09. The molecule has 0 radical (unpaired) electrons. The van der Waals surface area contributed by atoms with Crippen LogP contribution in [0, 0.1) is 11.7 Å². The molecule has 6 nitrogen and oxygen atoms in total. The third kappa shape index (κ3) is 3.93. The van der Waals surface area contributed by atoms with Crippen LogP contribution in [0.4, 0.5) is 4.39 Å². The second kappa shape index (κ2) is 8.29. The molecule has 3 rings (SSSR count). The first-order chi connectivity index (χ1) is 13.4. The summed E-state index contributed by atoms with van der Waals surface area (Å²) in [6.45, 7) is 0.376. The van der Waals surface area contributed by atoms with Crippen molar-refractivity contribution in [1.82, 2.24) is 4.90 Å². The van der Waals surface area contributed by atoms with Crippen molar-refractivity contribution < 1.29 is 28.6 Å². The maximum absolute atomic E-state index is 13.1. The average Bonchev–Trinajstić information content (AvgIpc) is 3.14. The van der Waals surface area contributed by atoms with E-state index in [1.165, 1.54) is 26.4 Å². The average molecular weight is 387 g/mol. The zero-order chi connectivity index (χ0) is 20.3. The van der Waals surface area contributed by atoms with E-state index in [9.17, 15) is 19.1 Å². The lowest BCUT2D eigenvalue weighted by atomic mass is 9.88. The van der Waals surface area contributed by atoms with Gasteiger partial charge < -0.3 is 19.5 Å². The van der Waals surface area contributed by atoms with Crippen molar-refractivity contribution in [1.29, 1.82) is 0 Å². The number of amides is 1. The predicted molar refractivity (Wildman–Crippen MR) is 100 cm³/mol. The summed E-state index contributed by atoms with van der Waals surface area (Å²) in [5.74, 6) is -1.70. The Morgan fingerprint density at radius 3 is 2.43 bits per heavy atom. The van der Waals surface area contributed by atoms with Gasteiger partial charge >= 0.3 is 5.97 Å². The van der Waals surface area contributed by atoms with Crippen LogP contribution in [0.2, 0.25) is 0 Å². The second-order valence-corrected chi connectivity index (χ2v) is 6.74. The first-order valence-corrected chi connectivity index (χ1v) is 8.90. The summed E-state index contributed by atoms with van der Waals surface area (Å²) in [5, 5.41) is 9.70. The van der Waals surface area contributed by atoms with Gasteiger partial charge in [-0.2, -0.15) is 0 Å². The minimum Gasteiger partial charge on any atom is -0.493 e. The Balaban J connectivity index is 1.84. The third-order valence-corrected chi connectivity index (χ3v) is 5.09. The van der Waals surface area contributed by atoms with Crippen LogP contribution in [-0.2, 0) is 16.0 Å². The Hall–Kier alpha value is -3.09.